The summed E-state index contributed by atoms with van der Waals surface area (Å²) in [6.07, 6.45) is 4.87. The van der Waals surface area contributed by atoms with Crippen molar-refractivity contribution in [3.05, 3.63) is 23.5 Å². The minimum Gasteiger partial charge on any atom is -0.479 e. The van der Waals surface area contributed by atoms with Crippen molar-refractivity contribution in [2.45, 2.75) is 20.0 Å². The fourth-order valence-electron chi connectivity index (χ4n) is 1.27. The van der Waals surface area contributed by atoms with Crippen molar-refractivity contribution in [2.24, 2.45) is 0 Å². The van der Waals surface area contributed by atoms with Crippen molar-refractivity contribution in [1.82, 2.24) is 10.3 Å². The highest BCUT2D eigenvalue weighted by Crippen LogP contribution is 2.16. The zero-order chi connectivity index (χ0) is 13.5. The Balaban J connectivity index is 2.75. The van der Waals surface area contributed by atoms with Crippen LogP contribution in [0.1, 0.15) is 23.1 Å². The number of ether oxygens (including phenoxy) is 1. The lowest BCUT2D eigenvalue weighted by Crippen LogP contribution is -2.36. The van der Waals surface area contributed by atoms with Crippen molar-refractivity contribution < 1.29 is 14.3 Å². The number of amides is 1. The molecular weight excluding hydrogens is 232 g/mol. The lowest BCUT2D eigenvalue weighted by atomic mass is 10.3. The van der Waals surface area contributed by atoms with E-state index in [1.165, 1.54) is 0 Å². The van der Waals surface area contributed by atoms with E-state index in [0.29, 0.717) is 12.0 Å². The second-order valence-electron chi connectivity index (χ2n) is 3.64. The van der Waals surface area contributed by atoms with Gasteiger partial charge in [-0.05, 0) is 26.0 Å². The van der Waals surface area contributed by atoms with Gasteiger partial charge in [-0.1, -0.05) is 5.92 Å². The number of aryl methyl sites for hydroxylation is 1. The van der Waals surface area contributed by atoms with Crippen LogP contribution in [0.2, 0.25) is 0 Å². The van der Waals surface area contributed by atoms with Crippen molar-refractivity contribution >= 4 is 12.2 Å². The number of carbonyl (C=O) groups is 2. The third kappa shape index (κ3) is 3.59. The number of pyridine rings is 1. The molecule has 0 spiro atoms. The molecule has 1 unspecified atom stereocenters. The molecule has 18 heavy (non-hydrogen) atoms. The van der Waals surface area contributed by atoms with Gasteiger partial charge in [-0.3, -0.25) is 9.59 Å². The van der Waals surface area contributed by atoms with Crippen LogP contribution >= 0.6 is 0 Å². The summed E-state index contributed by atoms with van der Waals surface area (Å²) in [6.45, 7) is 3.47. The molecule has 1 aromatic heterocycles. The number of rotatable bonds is 5. The van der Waals surface area contributed by atoms with Gasteiger partial charge < -0.3 is 10.1 Å². The summed E-state index contributed by atoms with van der Waals surface area (Å²) in [5, 5.41) is 2.49. The summed E-state index contributed by atoms with van der Waals surface area (Å²) in [5.41, 5.74) is 0.875. The second-order valence-corrected chi connectivity index (χ2v) is 3.64. The number of hydrogen-bond acceptors (Lipinski definition) is 4. The molecule has 1 amide bonds. The monoisotopic (exact) mass is 246 g/mol. The van der Waals surface area contributed by atoms with E-state index < -0.39 is 6.10 Å². The number of aromatic nitrogens is 1. The number of hydrogen-bond donors (Lipinski definition) is 1. The molecule has 5 nitrogen and oxygen atoms in total. The van der Waals surface area contributed by atoms with Gasteiger partial charge in [-0.2, -0.15) is 0 Å². The lowest BCUT2D eigenvalue weighted by molar-refractivity contribution is -0.127. The van der Waals surface area contributed by atoms with Crippen LogP contribution in [0.4, 0.5) is 0 Å². The molecule has 5 heteroatoms. The van der Waals surface area contributed by atoms with Crippen LogP contribution in [0, 0.1) is 19.3 Å². The molecule has 0 aliphatic heterocycles. The zero-order valence-corrected chi connectivity index (χ0v) is 10.3. The minimum atomic E-state index is -0.749. The standard InChI is InChI=1S/C13H14N2O3/c1-4-7-14-13(17)10(3)18-12-6-5-9(2)15-11(12)8-16/h1,5-6,8,10H,7H2,2-3H3,(H,14,17). The third-order valence-corrected chi connectivity index (χ3v) is 2.17. The van der Waals surface area contributed by atoms with Crippen LogP contribution in [0.15, 0.2) is 12.1 Å². The fourth-order valence-corrected chi connectivity index (χ4v) is 1.27. The molecule has 0 radical (unpaired) electrons. The molecule has 0 bridgehead atoms. The summed E-state index contributed by atoms with van der Waals surface area (Å²) in [5.74, 6) is 2.23. The van der Waals surface area contributed by atoms with E-state index in [1.807, 2.05) is 0 Å². The predicted molar refractivity (Wildman–Crippen MR) is 66.3 cm³/mol. The average molecular weight is 246 g/mol. The van der Waals surface area contributed by atoms with Crippen LogP contribution in [0.5, 0.6) is 5.75 Å². The van der Waals surface area contributed by atoms with Crippen molar-refractivity contribution in [1.29, 1.82) is 0 Å². The number of nitrogens with one attached hydrogen (secondary N) is 1. The van der Waals surface area contributed by atoms with Crippen LogP contribution in [-0.4, -0.2) is 29.8 Å². The topological polar surface area (TPSA) is 68.3 Å². The van der Waals surface area contributed by atoms with Gasteiger partial charge in [-0.15, -0.1) is 6.42 Å². The third-order valence-electron chi connectivity index (χ3n) is 2.17. The Morgan fingerprint density at radius 1 is 1.67 bits per heavy atom. The minimum absolute atomic E-state index is 0.138. The van der Waals surface area contributed by atoms with Crippen LogP contribution in [0.3, 0.4) is 0 Å². The normalized spacial score (nSPS) is 11.2. The maximum atomic E-state index is 11.5. The Bertz CT molecular complexity index is 491. The average Bonchev–Trinajstić information content (AvgIpc) is 2.37. The maximum Gasteiger partial charge on any atom is 0.261 e. The van der Waals surface area contributed by atoms with Gasteiger partial charge in [0.2, 0.25) is 0 Å². The molecule has 1 N–H and O–H groups in total. The van der Waals surface area contributed by atoms with Gasteiger partial charge >= 0.3 is 0 Å². The molecule has 0 aliphatic carbocycles. The molecule has 0 aliphatic rings. The Hall–Kier alpha value is -2.35. The van der Waals surface area contributed by atoms with E-state index in [0.717, 1.165) is 0 Å². The first-order valence-corrected chi connectivity index (χ1v) is 5.39. The fraction of sp³-hybridized carbons (Fsp3) is 0.308. The molecule has 1 atom stereocenters. The highest BCUT2D eigenvalue weighted by atomic mass is 16.5. The first-order valence-electron chi connectivity index (χ1n) is 5.39. The molecule has 1 rings (SSSR count). The van der Waals surface area contributed by atoms with Gasteiger partial charge in [-0.25, -0.2) is 4.98 Å². The van der Waals surface area contributed by atoms with Gasteiger partial charge in [0, 0.05) is 5.69 Å². The summed E-state index contributed by atoms with van der Waals surface area (Å²) in [6, 6.07) is 3.31. The molecule has 0 saturated heterocycles. The predicted octanol–water partition coefficient (Wildman–Crippen LogP) is 0.719. The lowest BCUT2D eigenvalue weighted by Gasteiger charge is -2.14. The van der Waals surface area contributed by atoms with Gasteiger partial charge in [0.05, 0.1) is 6.54 Å². The number of carbonyl (C=O) groups excluding carboxylic acids is 2. The van der Waals surface area contributed by atoms with E-state index in [4.69, 9.17) is 11.2 Å². The van der Waals surface area contributed by atoms with E-state index in [2.05, 4.69) is 16.2 Å². The maximum absolute atomic E-state index is 11.5. The molecule has 1 aromatic rings. The zero-order valence-electron chi connectivity index (χ0n) is 10.3. The SMILES string of the molecule is C#CCNC(=O)C(C)Oc1ccc(C)nc1C=O. The van der Waals surface area contributed by atoms with Gasteiger partial charge in [0.25, 0.3) is 5.91 Å². The van der Waals surface area contributed by atoms with Gasteiger partial charge in [0.1, 0.15) is 11.4 Å². The Morgan fingerprint density at radius 2 is 2.39 bits per heavy atom. The first-order chi connectivity index (χ1) is 8.58. The van der Waals surface area contributed by atoms with Crippen LogP contribution in [0.25, 0.3) is 0 Å². The summed E-state index contributed by atoms with van der Waals surface area (Å²) in [7, 11) is 0. The number of nitrogens with zero attached hydrogens (tertiary/aromatic N) is 1. The summed E-state index contributed by atoms with van der Waals surface area (Å²) >= 11 is 0. The largest absolute Gasteiger partial charge is 0.479 e. The molecular formula is C13H14N2O3. The summed E-state index contributed by atoms with van der Waals surface area (Å²) in [4.78, 5) is 26.4. The van der Waals surface area contributed by atoms with Gasteiger partial charge in [0.15, 0.2) is 12.4 Å². The van der Waals surface area contributed by atoms with Crippen molar-refractivity contribution in [3.63, 3.8) is 0 Å². The van der Waals surface area contributed by atoms with E-state index in [-0.39, 0.29) is 23.9 Å². The van der Waals surface area contributed by atoms with E-state index >= 15 is 0 Å². The summed E-state index contributed by atoms with van der Waals surface area (Å²) < 4.78 is 5.38. The van der Waals surface area contributed by atoms with E-state index in [1.54, 1.807) is 26.0 Å². The first kappa shape index (κ1) is 13.7. The quantitative estimate of drug-likeness (QED) is 0.614. The molecule has 0 aromatic carbocycles. The smallest absolute Gasteiger partial charge is 0.261 e. The van der Waals surface area contributed by atoms with Crippen LogP contribution < -0.4 is 10.1 Å². The van der Waals surface area contributed by atoms with E-state index in [9.17, 15) is 9.59 Å². The molecule has 94 valence electrons. The molecule has 0 saturated carbocycles. The highest BCUT2D eigenvalue weighted by Gasteiger charge is 2.16. The Labute approximate surface area is 106 Å². The molecule has 1 heterocycles. The Morgan fingerprint density at radius 3 is 3.00 bits per heavy atom. The molecule has 0 fully saturated rings. The second kappa shape index (κ2) is 6.40. The Kier molecular flexibility index (Phi) is 4.88. The number of aldehydes is 1. The van der Waals surface area contributed by atoms with Crippen molar-refractivity contribution in [3.8, 4) is 18.1 Å². The number of terminal acetylenes is 1. The van der Waals surface area contributed by atoms with Crippen LogP contribution in [-0.2, 0) is 4.79 Å². The van der Waals surface area contributed by atoms with Crippen molar-refractivity contribution in [2.75, 3.05) is 6.54 Å². The highest BCUT2D eigenvalue weighted by molar-refractivity contribution is 5.81.